The molecule has 4 nitrogen and oxygen atoms in total. The Kier molecular flexibility index (Phi) is 1.20. The van der Waals surface area contributed by atoms with E-state index in [-0.39, 0.29) is 0 Å². The molecule has 0 radical (unpaired) electrons. The topological polar surface area (TPSA) is 42.7 Å². The third-order valence-electron chi connectivity index (χ3n) is 1.64. The van der Waals surface area contributed by atoms with Crippen LogP contribution in [0.5, 0.6) is 0 Å². The average molecular weight is 138 g/mol. The second kappa shape index (κ2) is 2.05. The van der Waals surface area contributed by atoms with E-state index in [2.05, 4.69) is 15.4 Å². The molecule has 0 amide bonds. The number of fused-ring (bicyclic) bond motifs is 1. The first-order valence-electron chi connectivity index (χ1n) is 3.47. The second-order valence-corrected chi connectivity index (χ2v) is 2.48. The van der Waals surface area contributed by atoms with Gasteiger partial charge in [-0.25, -0.2) is 9.67 Å². The molecule has 0 saturated carbocycles. The molecule has 4 heteroatoms. The molecule has 2 rings (SSSR count). The Hall–Kier alpha value is -0.900. The van der Waals surface area contributed by atoms with Crippen molar-refractivity contribution in [1.82, 2.24) is 20.1 Å². The van der Waals surface area contributed by atoms with Gasteiger partial charge >= 0.3 is 0 Å². The summed E-state index contributed by atoms with van der Waals surface area (Å²) in [6.07, 6.45) is 0. The molecule has 1 aliphatic rings. The Balaban J connectivity index is 2.41. The number of hydrogen-bond acceptors (Lipinski definition) is 3. The molecule has 0 saturated heterocycles. The Labute approximate surface area is 59.3 Å². The van der Waals surface area contributed by atoms with Crippen LogP contribution in [-0.4, -0.2) is 21.3 Å². The summed E-state index contributed by atoms with van der Waals surface area (Å²) in [5.74, 6) is 1.93. The summed E-state index contributed by atoms with van der Waals surface area (Å²) in [5, 5.41) is 7.45. The van der Waals surface area contributed by atoms with Gasteiger partial charge in [0.05, 0.1) is 13.1 Å². The third-order valence-corrected chi connectivity index (χ3v) is 1.64. The zero-order valence-electron chi connectivity index (χ0n) is 5.96. The molecule has 10 heavy (non-hydrogen) atoms. The van der Waals surface area contributed by atoms with Gasteiger partial charge < -0.3 is 5.32 Å². The monoisotopic (exact) mass is 138 g/mol. The number of aromatic nitrogens is 3. The van der Waals surface area contributed by atoms with Crippen molar-refractivity contribution in [3.63, 3.8) is 0 Å². The molecule has 0 bridgehead atoms. The van der Waals surface area contributed by atoms with E-state index in [1.165, 1.54) is 0 Å². The molecular weight excluding hydrogens is 128 g/mol. The standard InChI is InChI=1S/C6H10N4/c1-5-8-6-4-7-2-3-10(6)9-5/h7H,2-4H2,1H3. The highest BCUT2D eigenvalue weighted by Crippen LogP contribution is 2.00. The van der Waals surface area contributed by atoms with Crippen LogP contribution in [0, 0.1) is 6.92 Å². The lowest BCUT2D eigenvalue weighted by atomic mass is 10.4. The fraction of sp³-hybridized carbons (Fsp3) is 0.667. The Morgan fingerprint density at radius 1 is 1.60 bits per heavy atom. The molecule has 0 atom stereocenters. The smallest absolute Gasteiger partial charge is 0.147 e. The molecule has 0 fully saturated rings. The van der Waals surface area contributed by atoms with Crippen molar-refractivity contribution in [2.45, 2.75) is 20.0 Å². The van der Waals surface area contributed by atoms with E-state index in [0.717, 1.165) is 31.3 Å². The summed E-state index contributed by atoms with van der Waals surface area (Å²) in [4.78, 5) is 4.24. The first kappa shape index (κ1) is 5.85. The highest BCUT2D eigenvalue weighted by molar-refractivity contribution is 4.92. The lowest BCUT2D eigenvalue weighted by Crippen LogP contribution is -2.28. The minimum Gasteiger partial charge on any atom is -0.308 e. The summed E-state index contributed by atoms with van der Waals surface area (Å²) in [7, 11) is 0. The number of hydrogen-bond donors (Lipinski definition) is 1. The van der Waals surface area contributed by atoms with Crippen molar-refractivity contribution < 1.29 is 0 Å². The van der Waals surface area contributed by atoms with Gasteiger partial charge in [0.1, 0.15) is 11.6 Å². The van der Waals surface area contributed by atoms with Crippen molar-refractivity contribution >= 4 is 0 Å². The fourth-order valence-electron chi connectivity index (χ4n) is 1.19. The molecule has 1 aromatic rings. The summed E-state index contributed by atoms with van der Waals surface area (Å²) in [6, 6.07) is 0. The minimum absolute atomic E-state index is 0.862. The van der Waals surface area contributed by atoms with Crippen molar-refractivity contribution in [1.29, 1.82) is 0 Å². The lowest BCUT2D eigenvalue weighted by Gasteiger charge is -2.11. The van der Waals surface area contributed by atoms with Crippen molar-refractivity contribution in [2.75, 3.05) is 6.54 Å². The molecule has 0 unspecified atom stereocenters. The van der Waals surface area contributed by atoms with Crippen LogP contribution in [0.15, 0.2) is 0 Å². The minimum atomic E-state index is 0.862. The predicted molar refractivity (Wildman–Crippen MR) is 36.5 cm³/mol. The van der Waals surface area contributed by atoms with Crippen LogP contribution in [0.3, 0.4) is 0 Å². The van der Waals surface area contributed by atoms with Crippen LogP contribution in [-0.2, 0) is 13.1 Å². The van der Waals surface area contributed by atoms with E-state index in [4.69, 9.17) is 0 Å². The van der Waals surface area contributed by atoms with Gasteiger partial charge in [-0.05, 0) is 6.92 Å². The van der Waals surface area contributed by atoms with Crippen LogP contribution in [0.25, 0.3) is 0 Å². The molecule has 1 aliphatic heterocycles. The first-order valence-corrected chi connectivity index (χ1v) is 3.47. The summed E-state index contributed by atoms with van der Waals surface area (Å²) >= 11 is 0. The zero-order valence-corrected chi connectivity index (χ0v) is 5.96. The Bertz CT molecular complexity index is 216. The largest absolute Gasteiger partial charge is 0.308 e. The van der Waals surface area contributed by atoms with Gasteiger partial charge in [-0.1, -0.05) is 0 Å². The second-order valence-electron chi connectivity index (χ2n) is 2.48. The molecule has 0 spiro atoms. The Morgan fingerprint density at radius 2 is 2.50 bits per heavy atom. The molecule has 2 heterocycles. The molecular formula is C6H10N4. The zero-order chi connectivity index (χ0) is 6.97. The van der Waals surface area contributed by atoms with Crippen LogP contribution in [0.2, 0.25) is 0 Å². The molecule has 1 aromatic heterocycles. The number of aryl methyl sites for hydroxylation is 1. The first-order chi connectivity index (χ1) is 4.86. The maximum absolute atomic E-state index is 4.24. The van der Waals surface area contributed by atoms with E-state index in [1.807, 2.05) is 11.6 Å². The normalized spacial score (nSPS) is 16.9. The van der Waals surface area contributed by atoms with Crippen LogP contribution in [0.4, 0.5) is 0 Å². The average Bonchev–Trinajstić information content (AvgIpc) is 2.27. The molecule has 54 valence electrons. The third kappa shape index (κ3) is 0.806. The van der Waals surface area contributed by atoms with E-state index in [0.29, 0.717) is 0 Å². The van der Waals surface area contributed by atoms with Crippen LogP contribution >= 0.6 is 0 Å². The SMILES string of the molecule is Cc1nc2n(n1)CCNC2. The number of rotatable bonds is 0. The van der Waals surface area contributed by atoms with Gasteiger partial charge in [0.2, 0.25) is 0 Å². The van der Waals surface area contributed by atoms with Crippen LogP contribution < -0.4 is 5.32 Å². The fourth-order valence-corrected chi connectivity index (χ4v) is 1.19. The van der Waals surface area contributed by atoms with Crippen molar-refractivity contribution in [3.8, 4) is 0 Å². The highest BCUT2D eigenvalue weighted by Gasteiger charge is 2.09. The van der Waals surface area contributed by atoms with Gasteiger partial charge in [0.15, 0.2) is 0 Å². The van der Waals surface area contributed by atoms with Gasteiger partial charge in [0, 0.05) is 6.54 Å². The predicted octanol–water partition coefficient (Wildman–Crippen LogP) is -0.310. The van der Waals surface area contributed by atoms with Gasteiger partial charge in [0.25, 0.3) is 0 Å². The molecule has 1 N–H and O–H groups in total. The van der Waals surface area contributed by atoms with E-state index < -0.39 is 0 Å². The highest BCUT2D eigenvalue weighted by atomic mass is 15.4. The van der Waals surface area contributed by atoms with Crippen LogP contribution in [0.1, 0.15) is 11.6 Å². The maximum atomic E-state index is 4.24. The van der Waals surface area contributed by atoms with Crippen molar-refractivity contribution in [3.05, 3.63) is 11.6 Å². The molecule has 0 aromatic carbocycles. The van der Waals surface area contributed by atoms with Crippen molar-refractivity contribution in [2.24, 2.45) is 0 Å². The van der Waals surface area contributed by atoms with E-state index >= 15 is 0 Å². The lowest BCUT2D eigenvalue weighted by molar-refractivity contribution is 0.468. The number of nitrogens with one attached hydrogen (secondary N) is 1. The summed E-state index contributed by atoms with van der Waals surface area (Å²) < 4.78 is 1.96. The summed E-state index contributed by atoms with van der Waals surface area (Å²) in [6.45, 7) is 4.75. The van der Waals surface area contributed by atoms with Gasteiger partial charge in [-0.2, -0.15) is 5.10 Å². The quantitative estimate of drug-likeness (QED) is 0.534. The van der Waals surface area contributed by atoms with E-state index in [1.54, 1.807) is 0 Å². The van der Waals surface area contributed by atoms with Gasteiger partial charge in [-0.3, -0.25) is 0 Å². The summed E-state index contributed by atoms with van der Waals surface area (Å²) in [5.41, 5.74) is 0. The van der Waals surface area contributed by atoms with Gasteiger partial charge in [-0.15, -0.1) is 0 Å². The maximum Gasteiger partial charge on any atom is 0.147 e. The Morgan fingerprint density at radius 3 is 3.30 bits per heavy atom. The molecule has 0 aliphatic carbocycles. The van der Waals surface area contributed by atoms with E-state index in [9.17, 15) is 0 Å². The number of nitrogens with zero attached hydrogens (tertiary/aromatic N) is 3.